The SMILES string of the molecule is CC(C)(C)Oc1ccc(C2(c3ccc(Oc4ccc(-c5ccc(C(C)(C)C)cc5)cc4)cc3)CCCCC2)cc1. The predicted octanol–water partition coefficient (Wildman–Crippen LogP) is 10.9. The normalized spacial score (nSPS) is 15.4. The van der Waals surface area contributed by atoms with Crippen molar-refractivity contribution in [1.29, 1.82) is 0 Å². The first-order valence-electron chi connectivity index (χ1n) is 14.8. The van der Waals surface area contributed by atoms with Gasteiger partial charge in [0.25, 0.3) is 0 Å². The first-order chi connectivity index (χ1) is 19.0. The summed E-state index contributed by atoms with van der Waals surface area (Å²) in [5, 5.41) is 0. The highest BCUT2D eigenvalue weighted by Crippen LogP contribution is 2.46. The molecular formula is C38H44O2. The largest absolute Gasteiger partial charge is 0.488 e. The van der Waals surface area contributed by atoms with Gasteiger partial charge in [0.15, 0.2) is 0 Å². The first kappa shape index (κ1) is 28.0. The minimum absolute atomic E-state index is 0.0429. The topological polar surface area (TPSA) is 18.5 Å². The average Bonchev–Trinajstić information content (AvgIpc) is 2.93. The van der Waals surface area contributed by atoms with Crippen molar-refractivity contribution >= 4 is 0 Å². The quantitative estimate of drug-likeness (QED) is 0.246. The molecule has 0 N–H and O–H groups in total. The standard InChI is InChI=1S/C38H44O2/c1-36(2,3)30-14-10-28(11-15-30)29-12-20-33(21-13-29)39-34-22-16-31(17-23-34)38(26-8-7-9-27-38)32-18-24-35(25-19-32)40-37(4,5)6/h10-25H,7-9,26-27H2,1-6H3. The number of hydrogen-bond donors (Lipinski definition) is 0. The van der Waals surface area contributed by atoms with Crippen molar-refractivity contribution in [2.24, 2.45) is 0 Å². The Hall–Kier alpha value is -3.52. The number of hydrogen-bond acceptors (Lipinski definition) is 2. The summed E-state index contributed by atoms with van der Waals surface area (Å²) in [6, 6.07) is 34.9. The van der Waals surface area contributed by atoms with Crippen LogP contribution in [0.3, 0.4) is 0 Å². The Kier molecular flexibility index (Phi) is 7.82. The Balaban J connectivity index is 1.31. The lowest BCUT2D eigenvalue weighted by Gasteiger charge is -2.39. The van der Waals surface area contributed by atoms with E-state index in [0.29, 0.717) is 0 Å². The lowest BCUT2D eigenvalue weighted by Crippen LogP contribution is -2.30. The van der Waals surface area contributed by atoms with Gasteiger partial charge in [-0.25, -0.2) is 0 Å². The van der Waals surface area contributed by atoms with Crippen LogP contribution in [0.15, 0.2) is 97.1 Å². The highest BCUT2D eigenvalue weighted by molar-refractivity contribution is 5.64. The molecule has 5 rings (SSSR count). The Labute approximate surface area is 241 Å². The molecule has 0 saturated heterocycles. The molecule has 2 nitrogen and oxygen atoms in total. The van der Waals surface area contributed by atoms with Crippen molar-refractivity contribution in [3.63, 3.8) is 0 Å². The van der Waals surface area contributed by atoms with E-state index < -0.39 is 0 Å². The van der Waals surface area contributed by atoms with Crippen LogP contribution in [0.1, 0.15) is 90.3 Å². The second-order valence-corrected chi connectivity index (χ2v) is 13.4. The molecule has 0 atom stereocenters. The van der Waals surface area contributed by atoms with Crippen molar-refractivity contribution in [2.75, 3.05) is 0 Å². The second-order valence-electron chi connectivity index (χ2n) is 13.4. The molecule has 4 aromatic rings. The molecule has 1 aliphatic carbocycles. The summed E-state index contributed by atoms with van der Waals surface area (Å²) in [5.41, 5.74) is 6.53. The van der Waals surface area contributed by atoms with Crippen LogP contribution in [-0.2, 0) is 10.8 Å². The molecule has 0 heterocycles. The van der Waals surface area contributed by atoms with Crippen molar-refractivity contribution < 1.29 is 9.47 Å². The molecule has 40 heavy (non-hydrogen) atoms. The molecular weight excluding hydrogens is 488 g/mol. The van der Waals surface area contributed by atoms with Crippen molar-refractivity contribution in [3.05, 3.63) is 114 Å². The average molecular weight is 533 g/mol. The maximum absolute atomic E-state index is 6.26. The molecule has 0 radical (unpaired) electrons. The van der Waals surface area contributed by atoms with Crippen LogP contribution in [0, 0.1) is 0 Å². The van der Waals surface area contributed by atoms with Gasteiger partial charge in [-0.3, -0.25) is 0 Å². The molecule has 1 aliphatic rings. The molecule has 0 amide bonds. The molecule has 4 aromatic carbocycles. The van der Waals surface area contributed by atoms with Gasteiger partial charge < -0.3 is 9.47 Å². The van der Waals surface area contributed by atoms with E-state index in [1.165, 1.54) is 59.9 Å². The summed E-state index contributed by atoms with van der Waals surface area (Å²) in [4.78, 5) is 0. The van der Waals surface area contributed by atoms with Crippen LogP contribution in [0.4, 0.5) is 0 Å². The fraction of sp³-hybridized carbons (Fsp3) is 0.368. The second kappa shape index (κ2) is 11.2. The summed E-state index contributed by atoms with van der Waals surface area (Å²) < 4.78 is 12.3. The third kappa shape index (κ3) is 6.44. The van der Waals surface area contributed by atoms with Crippen LogP contribution in [-0.4, -0.2) is 5.60 Å². The number of rotatable bonds is 6. The van der Waals surface area contributed by atoms with E-state index in [1.54, 1.807) is 0 Å². The van der Waals surface area contributed by atoms with E-state index in [0.717, 1.165) is 17.2 Å². The third-order valence-corrected chi connectivity index (χ3v) is 8.12. The van der Waals surface area contributed by atoms with E-state index in [9.17, 15) is 0 Å². The zero-order chi connectivity index (χ0) is 28.4. The zero-order valence-corrected chi connectivity index (χ0v) is 25.1. The third-order valence-electron chi connectivity index (χ3n) is 8.12. The minimum Gasteiger partial charge on any atom is -0.488 e. The van der Waals surface area contributed by atoms with Crippen LogP contribution in [0.25, 0.3) is 11.1 Å². The lowest BCUT2D eigenvalue weighted by atomic mass is 9.65. The van der Waals surface area contributed by atoms with E-state index >= 15 is 0 Å². The Morgan fingerprint density at radius 2 is 0.925 bits per heavy atom. The van der Waals surface area contributed by atoms with E-state index in [4.69, 9.17) is 9.47 Å². The van der Waals surface area contributed by atoms with Crippen molar-refractivity contribution in [1.82, 2.24) is 0 Å². The van der Waals surface area contributed by atoms with E-state index in [1.807, 2.05) is 0 Å². The summed E-state index contributed by atoms with van der Waals surface area (Å²) in [5.74, 6) is 2.65. The minimum atomic E-state index is -0.197. The lowest BCUT2D eigenvalue weighted by molar-refractivity contribution is 0.131. The summed E-state index contributed by atoms with van der Waals surface area (Å²) in [6.07, 6.45) is 6.16. The van der Waals surface area contributed by atoms with Crippen molar-refractivity contribution in [2.45, 2.75) is 90.1 Å². The van der Waals surface area contributed by atoms with Crippen LogP contribution in [0.5, 0.6) is 17.2 Å². The van der Waals surface area contributed by atoms with Crippen molar-refractivity contribution in [3.8, 4) is 28.4 Å². The van der Waals surface area contributed by atoms with Gasteiger partial charge in [0.1, 0.15) is 22.8 Å². The number of ether oxygens (including phenoxy) is 2. The maximum atomic E-state index is 6.26. The van der Waals surface area contributed by atoms with Gasteiger partial charge in [-0.05, 0) is 103 Å². The van der Waals surface area contributed by atoms with Gasteiger partial charge in [-0.15, -0.1) is 0 Å². The fourth-order valence-electron chi connectivity index (χ4n) is 5.95. The smallest absolute Gasteiger partial charge is 0.127 e. The molecule has 208 valence electrons. The summed E-state index contributed by atoms with van der Waals surface area (Å²) in [7, 11) is 0. The van der Waals surface area contributed by atoms with Gasteiger partial charge in [-0.1, -0.05) is 101 Å². The molecule has 0 spiro atoms. The molecule has 2 heteroatoms. The molecule has 0 unspecified atom stereocenters. The van der Waals surface area contributed by atoms with Crippen LogP contribution >= 0.6 is 0 Å². The zero-order valence-electron chi connectivity index (χ0n) is 25.1. The number of benzene rings is 4. The van der Waals surface area contributed by atoms with E-state index in [2.05, 4.69) is 139 Å². The first-order valence-corrected chi connectivity index (χ1v) is 14.8. The van der Waals surface area contributed by atoms with Gasteiger partial charge in [0, 0.05) is 5.41 Å². The monoisotopic (exact) mass is 532 g/mol. The maximum Gasteiger partial charge on any atom is 0.127 e. The fourth-order valence-corrected chi connectivity index (χ4v) is 5.95. The molecule has 0 aliphatic heterocycles. The van der Waals surface area contributed by atoms with Gasteiger partial charge in [0.2, 0.25) is 0 Å². The van der Waals surface area contributed by atoms with Gasteiger partial charge in [-0.2, -0.15) is 0 Å². The molecule has 1 fully saturated rings. The van der Waals surface area contributed by atoms with Crippen LogP contribution in [0.2, 0.25) is 0 Å². The Bertz CT molecular complexity index is 1380. The van der Waals surface area contributed by atoms with E-state index in [-0.39, 0.29) is 16.4 Å². The summed E-state index contributed by atoms with van der Waals surface area (Å²) in [6.45, 7) is 13.0. The highest BCUT2D eigenvalue weighted by atomic mass is 16.5. The van der Waals surface area contributed by atoms with Gasteiger partial charge in [0.05, 0.1) is 0 Å². The summed E-state index contributed by atoms with van der Waals surface area (Å²) >= 11 is 0. The van der Waals surface area contributed by atoms with Gasteiger partial charge >= 0.3 is 0 Å². The predicted molar refractivity (Wildman–Crippen MR) is 168 cm³/mol. The Morgan fingerprint density at radius 3 is 1.38 bits per heavy atom. The Morgan fingerprint density at radius 1 is 0.500 bits per heavy atom. The van der Waals surface area contributed by atoms with Crippen LogP contribution < -0.4 is 9.47 Å². The molecule has 0 bridgehead atoms. The molecule has 1 saturated carbocycles. The molecule has 0 aromatic heterocycles. The highest BCUT2D eigenvalue weighted by Gasteiger charge is 2.35.